The zero-order valence-electron chi connectivity index (χ0n) is 18.5. The van der Waals surface area contributed by atoms with Crippen molar-refractivity contribution in [3.8, 4) is 11.4 Å². The Morgan fingerprint density at radius 2 is 2.03 bits per heavy atom. The van der Waals surface area contributed by atoms with Crippen LogP contribution in [0, 0.1) is 6.92 Å². The summed E-state index contributed by atoms with van der Waals surface area (Å²) in [5.41, 5.74) is 6.25. The topological polar surface area (TPSA) is 76.5 Å². The van der Waals surface area contributed by atoms with E-state index >= 15 is 0 Å². The molecule has 0 spiro atoms. The highest BCUT2D eigenvalue weighted by Crippen LogP contribution is 2.28. The number of ether oxygens (including phenoxy) is 1. The molecular formula is C25H25BrN4O3. The Kier molecular flexibility index (Phi) is 6.93. The molecule has 1 atom stereocenters. The quantitative estimate of drug-likeness (QED) is 0.500. The summed E-state index contributed by atoms with van der Waals surface area (Å²) >= 11 is 3.42. The predicted octanol–water partition coefficient (Wildman–Crippen LogP) is 4.40. The van der Waals surface area contributed by atoms with Gasteiger partial charge in [-0.3, -0.25) is 20.0 Å². The minimum atomic E-state index is -0.354. The van der Waals surface area contributed by atoms with Crippen LogP contribution in [0.3, 0.4) is 0 Å². The monoisotopic (exact) mass is 508 g/mol. The largest absolute Gasteiger partial charge is 0.495 e. The van der Waals surface area contributed by atoms with Gasteiger partial charge in [-0.05, 0) is 61.2 Å². The van der Waals surface area contributed by atoms with Gasteiger partial charge in [0.15, 0.2) is 0 Å². The molecule has 1 unspecified atom stereocenters. The van der Waals surface area contributed by atoms with Gasteiger partial charge < -0.3 is 9.30 Å². The fourth-order valence-electron chi connectivity index (χ4n) is 3.90. The maximum atomic E-state index is 12.9. The lowest BCUT2D eigenvalue weighted by atomic mass is 9.90. The van der Waals surface area contributed by atoms with E-state index in [9.17, 15) is 9.59 Å². The maximum absolute atomic E-state index is 12.9. The summed E-state index contributed by atoms with van der Waals surface area (Å²) in [6.45, 7) is 2.42. The fraction of sp³-hybridized carbons (Fsp3) is 0.240. The standard InChI is InChI=1S/C25H25BrN4O3/c1-17-15-29(16-27-17)22-11-5-18(14-23(22)33-2)6-12-24(31)28-30-13-3-4-21(25(30)32)19-7-9-20(26)10-8-19/h5-12,14-16,21H,3-4,13H2,1-2H3,(H,28,31). The van der Waals surface area contributed by atoms with Crippen LogP contribution in [0.4, 0.5) is 0 Å². The van der Waals surface area contributed by atoms with E-state index in [0.717, 1.165) is 39.8 Å². The molecule has 1 fully saturated rings. The predicted molar refractivity (Wildman–Crippen MR) is 130 cm³/mol. The molecule has 170 valence electrons. The number of aryl methyl sites for hydroxylation is 1. The van der Waals surface area contributed by atoms with Crippen LogP contribution in [-0.4, -0.2) is 40.0 Å². The Morgan fingerprint density at radius 1 is 1.24 bits per heavy atom. The van der Waals surface area contributed by atoms with Gasteiger partial charge >= 0.3 is 0 Å². The number of piperidine rings is 1. The molecule has 3 aromatic rings. The average molecular weight is 509 g/mol. The molecule has 1 aliphatic rings. The maximum Gasteiger partial charge on any atom is 0.262 e. The first-order chi connectivity index (χ1) is 15.9. The first kappa shape index (κ1) is 22.8. The Labute approximate surface area is 201 Å². The van der Waals surface area contributed by atoms with Gasteiger partial charge in [-0.25, -0.2) is 4.98 Å². The molecule has 1 aromatic heterocycles. The van der Waals surface area contributed by atoms with E-state index in [1.165, 1.54) is 11.1 Å². The van der Waals surface area contributed by atoms with Crippen LogP contribution >= 0.6 is 15.9 Å². The molecule has 0 aliphatic carbocycles. The van der Waals surface area contributed by atoms with Crippen LogP contribution in [0.1, 0.15) is 35.6 Å². The van der Waals surface area contributed by atoms with Crippen LogP contribution < -0.4 is 10.2 Å². The molecule has 0 saturated carbocycles. The summed E-state index contributed by atoms with van der Waals surface area (Å²) in [5, 5.41) is 1.42. The average Bonchev–Trinajstić information content (AvgIpc) is 3.25. The van der Waals surface area contributed by atoms with Crippen LogP contribution in [0.25, 0.3) is 11.8 Å². The SMILES string of the molecule is COc1cc(C=CC(=O)NN2CCCC(c3ccc(Br)cc3)C2=O)ccc1-n1cnc(C)c1. The number of nitrogens with zero attached hydrogens (tertiary/aromatic N) is 3. The van der Waals surface area contributed by atoms with E-state index in [0.29, 0.717) is 12.3 Å². The number of nitrogens with one attached hydrogen (secondary N) is 1. The second kappa shape index (κ2) is 10.0. The molecular weight excluding hydrogens is 484 g/mol. The number of benzene rings is 2. The van der Waals surface area contributed by atoms with Gasteiger partial charge in [-0.1, -0.05) is 34.1 Å². The Morgan fingerprint density at radius 3 is 2.73 bits per heavy atom. The summed E-state index contributed by atoms with van der Waals surface area (Å²) in [7, 11) is 1.60. The molecule has 1 N–H and O–H groups in total. The van der Waals surface area contributed by atoms with E-state index in [2.05, 4.69) is 26.3 Å². The lowest BCUT2D eigenvalue weighted by Gasteiger charge is -2.32. The number of hydrazine groups is 1. The summed E-state index contributed by atoms with van der Waals surface area (Å²) in [6, 6.07) is 13.4. The molecule has 4 rings (SSSR count). The number of hydrogen-bond acceptors (Lipinski definition) is 4. The van der Waals surface area contributed by atoms with Gasteiger partial charge in [0.1, 0.15) is 5.75 Å². The zero-order chi connectivity index (χ0) is 23.4. The molecule has 7 nitrogen and oxygen atoms in total. The number of rotatable bonds is 6. The van der Waals surface area contributed by atoms with E-state index in [-0.39, 0.29) is 17.7 Å². The molecule has 0 bridgehead atoms. The number of methoxy groups -OCH3 is 1. The molecule has 1 aliphatic heterocycles. The summed E-state index contributed by atoms with van der Waals surface area (Å²) in [4.78, 5) is 29.7. The number of hydrogen-bond donors (Lipinski definition) is 1. The van der Waals surface area contributed by atoms with Gasteiger partial charge in [0.2, 0.25) is 5.91 Å². The van der Waals surface area contributed by atoms with Crippen LogP contribution in [0.15, 0.2) is 65.5 Å². The minimum absolute atomic E-state index is 0.0908. The summed E-state index contributed by atoms with van der Waals surface area (Å²) in [5.74, 6) is -0.0293. The highest BCUT2D eigenvalue weighted by molar-refractivity contribution is 9.10. The van der Waals surface area contributed by atoms with Gasteiger partial charge in [-0.2, -0.15) is 0 Å². The number of imidazole rings is 1. The zero-order valence-corrected chi connectivity index (χ0v) is 20.1. The first-order valence-electron chi connectivity index (χ1n) is 10.7. The summed E-state index contributed by atoms with van der Waals surface area (Å²) < 4.78 is 8.37. The van der Waals surface area contributed by atoms with E-state index in [1.54, 1.807) is 19.5 Å². The Bertz CT molecular complexity index is 1190. The molecule has 1 saturated heterocycles. The number of aromatic nitrogens is 2. The van der Waals surface area contributed by atoms with E-state index in [1.807, 2.05) is 60.2 Å². The molecule has 2 aromatic carbocycles. The van der Waals surface area contributed by atoms with Crippen molar-refractivity contribution in [2.24, 2.45) is 0 Å². The highest BCUT2D eigenvalue weighted by Gasteiger charge is 2.30. The highest BCUT2D eigenvalue weighted by atomic mass is 79.9. The van der Waals surface area contributed by atoms with Crippen molar-refractivity contribution >= 4 is 33.8 Å². The third kappa shape index (κ3) is 5.34. The summed E-state index contributed by atoms with van der Waals surface area (Å²) in [6.07, 6.45) is 8.35. The fourth-order valence-corrected chi connectivity index (χ4v) is 4.16. The van der Waals surface area contributed by atoms with Gasteiger partial charge in [-0.15, -0.1) is 0 Å². The lowest BCUT2D eigenvalue weighted by molar-refractivity contribution is -0.143. The lowest BCUT2D eigenvalue weighted by Crippen LogP contribution is -2.50. The molecule has 0 radical (unpaired) electrons. The molecule has 33 heavy (non-hydrogen) atoms. The number of halogens is 1. The van der Waals surface area contributed by atoms with Crippen LogP contribution in [0.5, 0.6) is 5.75 Å². The number of amides is 2. The molecule has 2 amide bonds. The smallest absolute Gasteiger partial charge is 0.262 e. The van der Waals surface area contributed by atoms with Gasteiger partial charge in [0.25, 0.3) is 5.91 Å². The van der Waals surface area contributed by atoms with Crippen LogP contribution in [0.2, 0.25) is 0 Å². The van der Waals surface area contributed by atoms with Crippen molar-refractivity contribution < 1.29 is 14.3 Å². The molecule has 8 heteroatoms. The van der Waals surface area contributed by atoms with Gasteiger partial charge in [0, 0.05) is 23.3 Å². The van der Waals surface area contributed by atoms with Crippen molar-refractivity contribution in [1.29, 1.82) is 0 Å². The second-order valence-corrected chi connectivity index (χ2v) is 8.81. The minimum Gasteiger partial charge on any atom is -0.495 e. The van der Waals surface area contributed by atoms with Crippen LogP contribution in [-0.2, 0) is 9.59 Å². The normalized spacial score (nSPS) is 16.3. The van der Waals surface area contributed by atoms with Crippen molar-refractivity contribution in [1.82, 2.24) is 20.0 Å². The third-order valence-corrected chi connectivity index (χ3v) is 6.11. The van der Waals surface area contributed by atoms with Crippen molar-refractivity contribution in [2.75, 3.05) is 13.7 Å². The Balaban J connectivity index is 1.42. The van der Waals surface area contributed by atoms with Crippen molar-refractivity contribution in [2.45, 2.75) is 25.7 Å². The number of carbonyl (C=O) groups excluding carboxylic acids is 2. The van der Waals surface area contributed by atoms with Crippen molar-refractivity contribution in [3.05, 3.63) is 82.4 Å². The first-order valence-corrected chi connectivity index (χ1v) is 11.5. The van der Waals surface area contributed by atoms with Crippen molar-refractivity contribution in [3.63, 3.8) is 0 Å². The van der Waals surface area contributed by atoms with Gasteiger partial charge in [0.05, 0.1) is 30.7 Å². The second-order valence-electron chi connectivity index (χ2n) is 7.90. The van der Waals surface area contributed by atoms with E-state index < -0.39 is 0 Å². The Hall–Kier alpha value is -3.39. The number of carbonyl (C=O) groups is 2. The molecule has 2 heterocycles. The third-order valence-electron chi connectivity index (χ3n) is 5.58. The van der Waals surface area contributed by atoms with E-state index in [4.69, 9.17) is 4.74 Å².